The molecule has 7 aromatic carbocycles. The summed E-state index contributed by atoms with van der Waals surface area (Å²) in [6.07, 6.45) is 8.23. The first-order valence-corrected chi connectivity index (χ1v) is 30.1. The Kier molecular flexibility index (Phi) is 10.5. The van der Waals surface area contributed by atoms with E-state index in [1.54, 1.807) is 0 Å². The van der Waals surface area contributed by atoms with E-state index >= 15 is 0 Å². The number of hydrogen-bond donors (Lipinski definition) is 0. The van der Waals surface area contributed by atoms with Crippen molar-refractivity contribution in [3.63, 3.8) is 0 Å². The van der Waals surface area contributed by atoms with Crippen LogP contribution in [0.15, 0.2) is 132 Å². The number of rotatable bonds is 4. The second-order valence-electron chi connectivity index (χ2n) is 30.9. The highest BCUT2D eigenvalue weighted by molar-refractivity contribution is 7.00. The highest BCUT2D eigenvalue weighted by Gasteiger charge is 2.55. The van der Waals surface area contributed by atoms with Crippen molar-refractivity contribution in [2.24, 2.45) is 0 Å². The molecule has 1 fully saturated rings. The van der Waals surface area contributed by atoms with Crippen molar-refractivity contribution in [1.82, 2.24) is 0 Å². The van der Waals surface area contributed by atoms with Gasteiger partial charge in [-0.1, -0.05) is 184 Å². The summed E-state index contributed by atoms with van der Waals surface area (Å²) in [4.78, 5) is 5.48. The Balaban J connectivity index is 1.18. The van der Waals surface area contributed by atoms with Gasteiger partial charge in [0.25, 0.3) is 6.71 Å². The molecule has 2 bridgehead atoms. The van der Waals surface area contributed by atoms with Crippen LogP contribution >= 0.6 is 0 Å². The second-order valence-corrected chi connectivity index (χ2v) is 30.9. The molecule has 1 saturated carbocycles. The number of benzene rings is 7. The molecule has 3 heterocycles. The van der Waals surface area contributed by atoms with Gasteiger partial charge in [0.15, 0.2) is 0 Å². The molecule has 14 rings (SSSR count). The highest BCUT2D eigenvalue weighted by Crippen LogP contribution is 2.63. The van der Waals surface area contributed by atoms with Gasteiger partial charge in [-0.2, -0.15) is 0 Å². The third kappa shape index (κ3) is 7.36. The van der Waals surface area contributed by atoms with Gasteiger partial charge in [0.2, 0.25) is 0 Å². The zero-order valence-electron chi connectivity index (χ0n) is 50.5. The molecule has 1 aromatic heterocycles. The summed E-state index contributed by atoms with van der Waals surface area (Å²) in [6, 6.07) is 50.9. The van der Waals surface area contributed by atoms with E-state index in [0.717, 1.165) is 36.9 Å². The summed E-state index contributed by atoms with van der Waals surface area (Å²) in [7, 11) is 0. The third-order valence-electron chi connectivity index (χ3n) is 21.4. The normalized spacial score (nSPS) is 22.5. The number of hydrogen-bond acceptors (Lipinski definition) is 3. The van der Waals surface area contributed by atoms with E-state index < -0.39 is 0 Å². The van der Waals surface area contributed by atoms with Crippen LogP contribution in [0.3, 0.4) is 0 Å². The van der Waals surface area contributed by atoms with Crippen molar-refractivity contribution in [3.8, 4) is 22.3 Å². The van der Waals surface area contributed by atoms with Gasteiger partial charge in [0, 0.05) is 33.6 Å². The Hall–Kier alpha value is -6.26. The van der Waals surface area contributed by atoms with Gasteiger partial charge in [-0.05, 0) is 209 Å². The molecule has 4 heteroatoms. The van der Waals surface area contributed by atoms with E-state index in [1.165, 1.54) is 136 Å². The predicted octanol–water partition coefficient (Wildman–Crippen LogP) is 18.9. The van der Waals surface area contributed by atoms with Crippen molar-refractivity contribution in [2.75, 3.05) is 9.80 Å². The van der Waals surface area contributed by atoms with Crippen molar-refractivity contribution in [2.45, 2.75) is 199 Å². The van der Waals surface area contributed by atoms with Crippen molar-refractivity contribution in [3.05, 3.63) is 172 Å². The smallest absolute Gasteiger partial charge is 0.297 e. The highest BCUT2D eigenvalue weighted by atomic mass is 16.3. The Morgan fingerprint density at radius 3 is 1.44 bits per heavy atom. The first-order chi connectivity index (χ1) is 37.1. The molecular weight excluding hydrogens is 956 g/mol. The summed E-state index contributed by atoms with van der Waals surface area (Å²) in [5, 5.41) is 1.24. The maximum absolute atomic E-state index is 7.95. The summed E-state index contributed by atoms with van der Waals surface area (Å²) in [5.41, 5.74) is 28.8. The van der Waals surface area contributed by atoms with Crippen LogP contribution in [0, 0.1) is 0 Å². The van der Waals surface area contributed by atoms with E-state index in [1.807, 2.05) is 0 Å². The molecule has 0 radical (unpaired) electrons. The SMILES string of the molecule is CC(C)(C)c1ccc(N2c3cc4c(cc3B3c5oc6cc7c(cc6c5N(c5cc6c(cc5-c5ccccc5)C(C)(C)CCC6(C)C)c5cc(C(C)(C)C)cc2c53)C2(C)CCC7(C)C2)C(C)(C)CCC4(C)C)c(-c2ccccc2)c1. The standard InChI is InChI=1S/C75H83BN2O/c1-68(2,3)47-27-28-59(49(35-47)45-23-19-17-20-24-45)77-61-42-55-53(71(9,10)30-32-73(55,13)14)40-58(61)76-65-62(77)36-48(69(4,5)6)37-63(65)78(66-51-39-56-57(43-64(51)79-67(66)76)75(16)34-33-74(56,15)44-75)60-41-54-52(70(7,8)29-31-72(54,11)12)38-50(60)46-25-21-18-22-26-46/h17-28,35-43H,29-34,44H2,1-16H3. The molecule has 0 amide bonds. The molecule has 2 atom stereocenters. The van der Waals surface area contributed by atoms with Gasteiger partial charge in [-0.3, -0.25) is 0 Å². The minimum Gasteiger partial charge on any atom is -0.468 e. The lowest BCUT2D eigenvalue weighted by Gasteiger charge is -2.47. The van der Waals surface area contributed by atoms with Crippen LogP contribution < -0.4 is 26.4 Å². The zero-order valence-corrected chi connectivity index (χ0v) is 50.5. The fourth-order valence-electron chi connectivity index (χ4n) is 16.3. The Morgan fingerprint density at radius 2 is 0.899 bits per heavy atom. The first kappa shape index (κ1) is 50.9. The monoisotopic (exact) mass is 1040 g/mol. The molecule has 402 valence electrons. The van der Waals surface area contributed by atoms with Gasteiger partial charge in [-0.15, -0.1) is 0 Å². The minimum atomic E-state index is -0.189. The lowest BCUT2D eigenvalue weighted by molar-refractivity contribution is 0.332. The summed E-state index contributed by atoms with van der Waals surface area (Å²) in [6.45, 7) is 39.1. The quantitative estimate of drug-likeness (QED) is 0.164. The predicted molar refractivity (Wildman–Crippen MR) is 338 cm³/mol. The van der Waals surface area contributed by atoms with Crippen LogP contribution in [0.25, 0.3) is 33.2 Å². The van der Waals surface area contributed by atoms with E-state index in [2.05, 4.69) is 248 Å². The van der Waals surface area contributed by atoms with E-state index in [9.17, 15) is 0 Å². The topological polar surface area (TPSA) is 19.6 Å². The van der Waals surface area contributed by atoms with Crippen molar-refractivity contribution < 1.29 is 4.42 Å². The van der Waals surface area contributed by atoms with Crippen LogP contribution in [-0.2, 0) is 43.3 Å². The molecule has 0 N–H and O–H groups in total. The number of furan rings is 1. The molecule has 2 unspecified atom stereocenters. The second kappa shape index (κ2) is 16.2. The van der Waals surface area contributed by atoms with Crippen LogP contribution in [0.4, 0.5) is 34.1 Å². The molecule has 79 heavy (non-hydrogen) atoms. The van der Waals surface area contributed by atoms with Crippen LogP contribution in [0.2, 0.25) is 0 Å². The van der Waals surface area contributed by atoms with E-state index in [4.69, 9.17) is 4.42 Å². The van der Waals surface area contributed by atoms with Crippen molar-refractivity contribution in [1.29, 1.82) is 0 Å². The molecule has 0 spiro atoms. The van der Waals surface area contributed by atoms with Gasteiger partial charge >= 0.3 is 0 Å². The summed E-state index contributed by atoms with van der Waals surface area (Å²) >= 11 is 0. The van der Waals surface area contributed by atoms with Gasteiger partial charge in [0.05, 0.1) is 22.7 Å². The Morgan fingerprint density at radius 1 is 0.418 bits per heavy atom. The number of nitrogens with zero attached hydrogens (tertiary/aromatic N) is 2. The fourth-order valence-corrected chi connectivity index (χ4v) is 16.3. The molecular formula is C75H83BN2O. The first-order valence-electron chi connectivity index (χ1n) is 30.1. The van der Waals surface area contributed by atoms with E-state index in [0.29, 0.717) is 0 Å². The Bertz CT molecular complexity index is 3890. The number of anilines is 6. The van der Waals surface area contributed by atoms with Crippen LogP contribution in [0.5, 0.6) is 0 Å². The molecule has 8 aromatic rings. The molecule has 4 aliphatic carbocycles. The molecule has 6 aliphatic rings. The third-order valence-corrected chi connectivity index (χ3v) is 21.4. The van der Waals surface area contributed by atoms with Gasteiger partial charge in [-0.25, -0.2) is 0 Å². The average Bonchev–Trinajstić information content (AvgIpc) is 2.58. The average molecular weight is 1040 g/mol. The summed E-state index contributed by atoms with van der Waals surface area (Å²) < 4.78 is 7.95. The molecule has 2 aliphatic heterocycles. The lowest BCUT2D eigenvalue weighted by atomic mass is 9.35. The van der Waals surface area contributed by atoms with E-state index in [-0.39, 0.29) is 50.0 Å². The maximum atomic E-state index is 7.95. The molecule has 0 saturated heterocycles. The van der Waals surface area contributed by atoms with Crippen LogP contribution in [-0.4, -0.2) is 6.71 Å². The minimum absolute atomic E-state index is 0.00868. The van der Waals surface area contributed by atoms with Gasteiger partial charge < -0.3 is 14.2 Å². The summed E-state index contributed by atoms with van der Waals surface area (Å²) in [5.74, 6) is 0. The lowest BCUT2D eigenvalue weighted by Crippen LogP contribution is -2.61. The van der Waals surface area contributed by atoms with Crippen molar-refractivity contribution >= 4 is 68.4 Å². The largest absolute Gasteiger partial charge is 0.468 e. The number of fused-ring (bicyclic) bond motifs is 13. The fraction of sp³-hybridized carbons (Fsp3) is 0.413. The zero-order chi connectivity index (χ0) is 55.5. The maximum Gasteiger partial charge on any atom is 0.297 e. The van der Waals surface area contributed by atoms with Gasteiger partial charge in [0.1, 0.15) is 5.58 Å². The van der Waals surface area contributed by atoms with Crippen LogP contribution in [0.1, 0.15) is 200 Å². The molecule has 3 nitrogen and oxygen atoms in total. The Labute approximate surface area is 473 Å².